The number of amides is 1. The zero-order valence-electron chi connectivity index (χ0n) is 25.2. The smallest absolute Gasteiger partial charge is 0.222 e. The minimum absolute atomic E-state index is 0.0531. The number of nitrogens with zero attached hydrogens (tertiary/aromatic N) is 1. The first kappa shape index (κ1) is 33.0. The Morgan fingerprint density at radius 3 is 2.55 bits per heavy atom. The molecule has 0 aromatic rings. The zero-order valence-corrected chi connectivity index (χ0v) is 25.2. The highest BCUT2D eigenvalue weighted by molar-refractivity contribution is 5.75. The molecule has 0 aromatic carbocycles. The molecule has 0 bridgehead atoms. The van der Waals surface area contributed by atoms with Crippen molar-refractivity contribution in [2.45, 2.75) is 123 Å². The standard InChI is InChI=1S/C31H55NO6/c1-21(19-31(6)30(38-31)24(4)29(36-8)25(5)34)13-12-14-22(2)28-23(3)16-17-26(37-28)20-32(7)27(35)15-10-9-11-18-33/h12-14,21,23-26,28-30,33-34H,9-11,15-20H2,1-8H3/b13-12+,22-14+/t21-,23+,24-,25-,26-,28-,29-,30-,31-/m1/s1. The van der Waals surface area contributed by atoms with Gasteiger partial charge in [-0.15, -0.1) is 0 Å². The van der Waals surface area contributed by atoms with Crippen molar-refractivity contribution >= 4 is 5.91 Å². The molecule has 0 radical (unpaired) electrons. The molecule has 2 aliphatic heterocycles. The molecule has 2 aliphatic rings. The Bertz CT molecular complexity index is 782. The number of ether oxygens (including phenoxy) is 3. The minimum Gasteiger partial charge on any atom is -0.396 e. The van der Waals surface area contributed by atoms with Gasteiger partial charge in [0.25, 0.3) is 0 Å². The van der Waals surface area contributed by atoms with Gasteiger partial charge in [-0.2, -0.15) is 0 Å². The first-order valence-corrected chi connectivity index (χ1v) is 14.7. The Morgan fingerprint density at radius 2 is 1.92 bits per heavy atom. The number of hydrogen-bond donors (Lipinski definition) is 2. The monoisotopic (exact) mass is 537 g/mol. The summed E-state index contributed by atoms with van der Waals surface area (Å²) in [6.45, 7) is 13.4. The van der Waals surface area contributed by atoms with E-state index in [-0.39, 0.29) is 48.4 Å². The van der Waals surface area contributed by atoms with E-state index in [2.05, 4.69) is 52.8 Å². The molecule has 9 atom stereocenters. The third-order valence-electron chi connectivity index (χ3n) is 8.41. The van der Waals surface area contributed by atoms with Crippen LogP contribution in [0, 0.1) is 17.8 Å². The lowest BCUT2D eigenvalue weighted by atomic mass is 9.85. The zero-order chi connectivity index (χ0) is 28.5. The maximum absolute atomic E-state index is 12.5. The Labute approximate surface area is 231 Å². The lowest BCUT2D eigenvalue weighted by Crippen LogP contribution is -2.42. The van der Waals surface area contributed by atoms with Gasteiger partial charge in [-0.3, -0.25) is 4.79 Å². The van der Waals surface area contributed by atoms with Gasteiger partial charge in [0.15, 0.2) is 0 Å². The Balaban J connectivity index is 1.85. The molecule has 7 heteroatoms. The van der Waals surface area contributed by atoms with Crippen LogP contribution < -0.4 is 0 Å². The van der Waals surface area contributed by atoms with Gasteiger partial charge >= 0.3 is 0 Å². The molecule has 38 heavy (non-hydrogen) atoms. The van der Waals surface area contributed by atoms with Crippen LogP contribution in [-0.2, 0) is 19.0 Å². The third-order valence-corrected chi connectivity index (χ3v) is 8.41. The Morgan fingerprint density at radius 1 is 1.21 bits per heavy atom. The number of carbonyl (C=O) groups excluding carboxylic acids is 1. The number of aliphatic hydroxyl groups is 2. The molecule has 2 heterocycles. The topological polar surface area (TPSA) is 91.8 Å². The molecule has 2 rings (SSSR count). The normalized spacial score (nSPS) is 31.2. The third kappa shape index (κ3) is 9.74. The SMILES string of the molecule is CO[C@H]([C@@H](C)[C@H]1O[C@]1(C)C[C@H](C)/C=C/C=C(\C)[C@H]1O[C@@H](CN(C)C(=O)CCCCCO)CC[C@@H]1C)[C@@H](C)O. The van der Waals surface area contributed by atoms with Gasteiger partial charge in [-0.25, -0.2) is 0 Å². The van der Waals surface area contributed by atoms with Crippen molar-refractivity contribution in [2.75, 3.05) is 27.3 Å². The second kappa shape index (κ2) is 15.5. The van der Waals surface area contributed by atoms with Gasteiger partial charge in [0.2, 0.25) is 5.91 Å². The van der Waals surface area contributed by atoms with Gasteiger partial charge in [0.1, 0.15) is 0 Å². The van der Waals surface area contributed by atoms with E-state index in [4.69, 9.17) is 19.3 Å². The van der Waals surface area contributed by atoms with Crippen LogP contribution in [0.4, 0.5) is 0 Å². The molecule has 0 aliphatic carbocycles. The van der Waals surface area contributed by atoms with E-state index in [9.17, 15) is 9.90 Å². The number of unbranched alkanes of at least 4 members (excludes halogenated alkanes) is 2. The minimum atomic E-state index is -0.527. The highest BCUT2D eigenvalue weighted by Gasteiger charge is 2.56. The number of epoxide rings is 1. The summed E-state index contributed by atoms with van der Waals surface area (Å²) in [5, 5.41) is 18.9. The summed E-state index contributed by atoms with van der Waals surface area (Å²) in [6, 6.07) is 0. The maximum atomic E-state index is 12.5. The largest absolute Gasteiger partial charge is 0.396 e. The molecule has 2 saturated heterocycles. The van der Waals surface area contributed by atoms with Crippen LogP contribution in [0.5, 0.6) is 0 Å². The lowest BCUT2D eigenvalue weighted by molar-refractivity contribution is -0.134. The highest BCUT2D eigenvalue weighted by atomic mass is 16.6. The average Bonchev–Trinajstić information content (AvgIpc) is 3.53. The first-order valence-electron chi connectivity index (χ1n) is 14.7. The van der Waals surface area contributed by atoms with E-state index in [0.29, 0.717) is 24.8 Å². The van der Waals surface area contributed by atoms with Crippen molar-refractivity contribution in [3.63, 3.8) is 0 Å². The average molecular weight is 538 g/mol. The van der Waals surface area contributed by atoms with Crippen LogP contribution in [0.2, 0.25) is 0 Å². The van der Waals surface area contributed by atoms with Crippen LogP contribution in [0.3, 0.4) is 0 Å². The second-order valence-electron chi connectivity index (χ2n) is 12.2. The van der Waals surface area contributed by atoms with Crippen molar-refractivity contribution in [3.05, 3.63) is 23.8 Å². The van der Waals surface area contributed by atoms with E-state index in [1.165, 1.54) is 5.57 Å². The summed E-state index contributed by atoms with van der Waals surface area (Å²) < 4.78 is 18.1. The summed E-state index contributed by atoms with van der Waals surface area (Å²) in [5.74, 6) is 1.07. The van der Waals surface area contributed by atoms with Gasteiger partial charge < -0.3 is 29.3 Å². The molecule has 2 fully saturated rings. The Hall–Kier alpha value is -1.25. The predicted octanol–water partition coefficient (Wildman–Crippen LogP) is 4.90. The second-order valence-corrected chi connectivity index (χ2v) is 12.2. The van der Waals surface area contributed by atoms with Crippen LogP contribution in [0.15, 0.2) is 23.8 Å². The Kier molecular flexibility index (Phi) is 13.5. The van der Waals surface area contributed by atoms with Crippen molar-refractivity contribution in [2.24, 2.45) is 17.8 Å². The van der Waals surface area contributed by atoms with Crippen LogP contribution in [-0.4, -0.2) is 84.5 Å². The summed E-state index contributed by atoms with van der Waals surface area (Å²) in [5.41, 5.74) is 1.02. The molecule has 220 valence electrons. The number of rotatable bonds is 16. The van der Waals surface area contributed by atoms with E-state index < -0.39 is 6.10 Å². The van der Waals surface area contributed by atoms with E-state index >= 15 is 0 Å². The summed E-state index contributed by atoms with van der Waals surface area (Å²) in [4.78, 5) is 14.3. The van der Waals surface area contributed by atoms with Crippen LogP contribution >= 0.6 is 0 Å². The highest BCUT2D eigenvalue weighted by Crippen LogP contribution is 2.47. The molecule has 0 aromatic heterocycles. The van der Waals surface area contributed by atoms with Crippen molar-refractivity contribution in [3.8, 4) is 0 Å². The van der Waals surface area contributed by atoms with E-state index in [0.717, 1.165) is 38.5 Å². The number of carbonyl (C=O) groups is 1. The summed E-state index contributed by atoms with van der Waals surface area (Å²) in [7, 11) is 3.51. The number of hydrogen-bond acceptors (Lipinski definition) is 6. The summed E-state index contributed by atoms with van der Waals surface area (Å²) >= 11 is 0. The van der Waals surface area contributed by atoms with Crippen molar-refractivity contribution in [1.29, 1.82) is 0 Å². The van der Waals surface area contributed by atoms with Gasteiger partial charge in [-0.05, 0) is 70.3 Å². The van der Waals surface area contributed by atoms with Crippen molar-refractivity contribution < 1.29 is 29.2 Å². The van der Waals surface area contributed by atoms with E-state index in [1.54, 1.807) is 14.0 Å². The van der Waals surface area contributed by atoms with Gasteiger partial charge in [0.05, 0.1) is 36.1 Å². The lowest BCUT2D eigenvalue weighted by Gasteiger charge is -2.37. The molecule has 0 unspecified atom stereocenters. The van der Waals surface area contributed by atoms with Gasteiger partial charge in [-0.1, -0.05) is 45.4 Å². The predicted molar refractivity (Wildman–Crippen MR) is 152 cm³/mol. The quantitative estimate of drug-likeness (QED) is 0.165. The molecular weight excluding hydrogens is 482 g/mol. The molecule has 1 amide bonds. The first-order chi connectivity index (χ1) is 17.9. The van der Waals surface area contributed by atoms with E-state index in [1.807, 2.05) is 11.9 Å². The fourth-order valence-electron chi connectivity index (χ4n) is 6.17. The fourth-order valence-corrected chi connectivity index (χ4v) is 6.17. The van der Waals surface area contributed by atoms with Crippen LogP contribution in [0.25, 0.3) is 0 Å². The fraction of sp³-hybridized carbons (Fsp3) is 0.839. The maximum Gasteiger partial charge on any atom is 0.222 e. The molecular formula is C31H55NO6. The number of allylic oxidation sites excluding steroid dienone is 3. The molecule has 2 N–H and O–H groups in total. The summed E-state index contributed by atoms with van der Waals surface area (Å²) in [6.07, 6.45) is 12.0. The molecule has 0 spiro atoms. The molecule has 7 nitrogen and oxygen atoms in total. The van der Waals surface area contributed by atoms with Gasteiger partial charge in [0, 0.05) is 39.6 Å². The number of aliphatic hydroxyl groups excluding tert-OH is 2. The van der Waals surface area contributed by atoms with Crippen LogP contribution in [0.1, 0.15) is 86.5 Å². The number of methoxy groups -OCH3 is 1. The number of likely N-dealkylation sites (N-methyl/N-ethyl adjacent to an activating group) is 1. The molecule has 0 saturated carbocycles. The van der Waals surface area contributed by atoms with Crippen molar-refractivity contribution in [1.82, 2.24) is 4.90 Å².